The number of benzene rings is 2. The standard InChI is InChI=1S/C20H20ClF2N3O/c1-3-9-25(20(27)15-7-6-14(22)11-16(15)23)12-19-24-17-8-5-13(21)10-18(17)26(19)4-2/h5-8,10-11H,3-4,9,12H2,1-2H3. The van der Waals surface area contributed by atoms with Gasteiger partial charge in [-0.15, -0.1) is 0 Å². The topological polar surface area (TPSA) is 38.1 Å². The maximum atomic E-state index is 14.1. The molecule has 0 radical (unpaired) electrons. The van der Waals surface area contributed by atoms with E-state index >= 15 is 0 Å². The number of rotatable bonds is 6. The van der Waals surface area contributed by atoms with Crippen molar-refractivity contribution in [3.63, 3.8) is 0 Å². The van der Waals surface area contributed by atoms with Crippen molar-refractivity contribution in [2.75, 3.05) is 6.54 Å². The van der Waals surface area contributed by atoms with E-state index < -0.39 is 17.5 Å². The van der Waals surface area contributed by atoms with Crippen LogP contribution in [0.4, 0.5) is 8.78 Å². The number of nitrogens with zero attached hydrogens (tertiary/aromatic N) is 3. The van der Waals surface area contributed by atoms with E-state index in [2.05, 4.69) is 4.98 Å². The summed E-state index contributed by atoms with van der Waals surface area (Å²) in [5.74, 6) is -1.37. The maximum Gasteiger partial charge on any atom is 0.257 e. The number of hydrogen-bond acceptors (Lipinski definition) is 2. The third-order valence-electron chi connectivity index (χ3n) is 4.38. The quantitative estimate of drug-likeness (QED) is 0.590. The van der Waals surface area contributed by atoms with Gasteiger partial charge in [-0.05, 0) is 43.7 Å². The summed E-state index contributed by atoms with van der Waals surface area (Å²) in [6.45, 7) is 5.24. The largest absolute Gasteiger partial charge is 0.331 e. The molecule has 142 valence electrons. The lowest BCUT2D eigenvalue weighted by Gasteiger charge is -2.22. The predicted octanol–water partition coefficient (Wildman–Crippen LogP) is 5.04. The number of aromatic nitrogens is 2. The molecule has 0 aliphatic heterocycles. The molecule has 0 aliphatic carbocycles. The zero-order valence-corrected chi connectivity index (χ0v) is 15.9. The predicted molar refractivity (Wildman–Crippen MR) is 102 cm³/mol. The minimum atomic E-state index is -0.864. The van der Waals surface area contributed by atoms with Crippen LogP contribution in [-0.2, 0) is 13.1 Å². The highest BCUT2D eigenvalue weighted by atomic mass is 35.5. The van der Waals surface area contributed by atoms with Crippen molar-refractivity contribution in [2.45, 2.75) is 33.4 Å². The minimum absolute atomic E-state index is 0.146. The van der Waals surface area contributed by atoms with Crippen LogP contribution in [0.3, 0.4) is 0 Å². The molecule has 0 atom stereocenters. The second kappa shape index (κ2) is 8.05. The first kappa shape index (κ1) is 19.3. The van der Waals surface area contributed by atoms with Crippen molar-refractivity contribution >= 4 is 28.5 Å². The fraction of sp³-hybridized carbons (Fsp3) is 0.300. The van der Waals surface area contributed by atoms with E-state index in [0.717, 1.165) is 23.2 Å². The van der Waals surface area contributed by atoms with Crippen LogP contribution >= 0.6 is 11.6 Å². The summed E-state index contributed by atoms with van der Waals surface area (Å²) in [4.78, 5) is 19.0. The van der Waals surface area contributed by atoms with Crippen molar-refractivity contribution in [1.82, 2.24) is 14.5 Å². The fourth-order valence-electron chi connectivity index (χ4n) is 3.15. The number of aryl methyl sites for hydroxylation is 1. The van der Waals surface area contributed by atoms with Crippen LogP contribution < -0.4 is 0 Å². The van der Waals surface area contributed by atoms with Crippen LogP contribution in [0.25, 0.3) is 11.0 Å². The lowest BCUT2D eigenvalue weighted by molar-refractivity contribution is 0.0732. The Labute approximate surface area is 161 Å². The van der Waals surface area contributed by atoms with Gasteiger partial charge in [-0.25, -0.2) is 13.8 Å². The number of hydrogen-bond donors (Lipinski definition) is 0. The molecule has 3 rings (SSSR count). The third kappa shape index (κ3) is 3.95. The van der Waals surface area contributed by atoms with E-state index in [0.29, 0.717) is 30.4 Å². The van der Waals surface area contributed by atoms with Crippen LogP contribution in [0.1, 0.15) is 36.5 Å². The highest BCUT2D eigenvalue weighted by Crippen LogP contribution is 2.22. The number of imidazole rings is 1. The Balaban J connectivity index is 1.97. The molecule has 0 saturated heterocycles. The van der Waals surface area contributed by atoms with E-state index in [-0.39, 0.29) is 12.1 Å². The fourth-order valence-corrected chi connectivity index (χ4v) is 3.31. The number of fused-ring (bicyclic) bond motifs is 1. The Morgan fingerprint density at radius 3 is 2.63 bits per heavy atom. The van der Waals surface area contributed by atoms with Crippen molar-refractivity contribution in [3.05, 3.63) is 64.4 Å². The van der Waals surface area contributed by atoms with E-state index in [1.165, 1.54) is 11.0 Å². The summed E-state index contributed by atoms with van der Waals surface area (Å²) in [5.41, 5.74) is 1.53. The second-order valence-corrected chi connectivity index (χ2v) is 6.69. The zero-order chi connectivity index (χ0) is 19.6. The van der Waals surface area contributed by atoms with Gasteiger partial charge in [-0.1, -0.05) is 18.5 Å². The van der Waals surface area contributed by atoms with Crippen LogP contribution in [0.5, 0.6) is 0 Å². The molecule has 0 bridgehead atoms. The van der Waals surface area contributed by atoms with Gasteiger partial charge in [-0.2, -0.15) is 0 Å². The van der Waals surface area contributed by atoms with Crippen LogP contribution in [-0.4, -0.2) is 26.9 Å². The molecule has 0 N–H and O–H groups in total. The van der Waals surface area contributed by atoms with Gasteiger partial charge in [0.2, 0.25) is 0 Å². The summed E-state index contributed by atoms with van der Waals surface area (Å²) in [5, 5.41) is 0.610. The molecule has 7 heteroatoms. The molecule has 0 saturated carbocycles. The van der Waals surface area contributed by atoms with Gasteiger partial charge >= 0.3 is 0 Å². The molecule has 27 heavy (non-hydrogen) atoms. The Bertz CT molecular complexity index is 987. The molecule has 0 unspecified atom stereocenters. The molecular formula is C20H20ClF2N3O. The van der Waals surface area contributed by atoms with Gasteiger partial charge in [-0.3, -0.25) is 4.79 Å². The molecule has 3 aromatic rings. The van der Waals surface area contributed by atoms with E-state index in [1.54, 1.807) is 6.07 Å². The first-order valence-electron chi connectivity index (χ1n) is 8.83. The van der Waals surface area contributed by atoms with Gasteiger partial charge in [0, 0.05) is 24.2 Å². The van der Waals surface area contributed by atoms with Gasteiger partial charge < -0.3 is 9.47 Å². The summed E-state index contributed by atoms with van der Waals surface area (Å²) in [6, 6.07) is 8.42. The Hall–Kier alpha value is -2.47. The Morgan fingerprint density at radius 1 is 1.19 bits per heavy atom. The van der Waals surface area contributed by atoms with E-state index in [4.69, 9.17) is 11.6 Å². The lowest BCUT2D eigenvalue weighted by atomic mass is 10.1. The molecule has 0 fully saturated rings. The molecule has 2 aromatic carbocycles. The van der Waals surface area contributed by atoms with Gasteiger partial charge in [0.15, 0.2) is 0 Å². The van der Waals surface area contributed by atoms with E-state index in [1.807, 2.05) is 30.5 Å². The third-order valence-corrected chi connectivity index (χ3v) is 4.62. The average Bonchev–Trinajstić information content (AvgIpc) is 2.97. The minimum Gasteiger partial charge on any atom is -0.331 e. The van der Waals surface area contributed by atoms with Crippen LogP contribution in [0.15, 0.2) is 36.4 Å². The molecular weight excluding hydrogens is 372 g/mol. The highest BCUT2D eigenvalue weighted by Gasteiger charge is 2.22. The zero-order valence-electron chi connectivity index (χ0n) is 15.2. The van der Waals surface area contributed by atoms with E-state index in [9.17, 15) is 13.6 Å². The van der Waals surface area contributed by atoms with Crippen molar-refractivity contribution in [3.8, 4) is 0 Å². The molecule has 0 aliphatic rings. The first-order valence-corrected chi connectivity index (χ1v) is 9.21. The Morgan fingerprint density at radius 2 is 1.96 bits per heavy atom. The molecule has 1 aromatic heterocycles. The molecule has 1 heterocycles. The van der Waals surface area contributed by atoms with Crippen molar-refractivity contribution < 1.29 is 13.6 Å². The summed E-state index contributed by atoms with van der Waals surface area (Å²) in [6.07, 6.45) is 0.701. The van der Waals surface area contributed by atoms with Crippen LogP contribution in [0, 0.1) is 11.6 Å². The smallest absolute Gasteiger partial charge is 0.257 e. The number of carbonyl (C=O) groups excluding carboxylic acids is 1. The average molecular weight is 392 g/mol. The molecule has 4 nitrogen and oxygen atoms in total. The SMILES string of the molecule is CCCN(Cc1nc2ccc(Cl)cc2n1CC)C(=O)c1ccc(F)cc1F. The maximum absolute atomic E-state index is 14.1. The monoisotopic (exact) mass is 391 g/mol. The van der Waals surface area contributed by atoms with Gasteiger partial charge in [0.25, 0.3) is 5.91 Å². The number of amides is 1. The molecule has 0 spiro atoms. The van der Waals surface area contributed by atoms with Crippen LogP contribution in [0.2, 0.25) is 5.02 Å². The highest BCUT2D eigenvalue weighted by molar-refractivity contribution is 6.31. The summed E-state index contributed by atoms with van der Waals surface area (Å²) < 4.78 is 29.2. The second-order valence-electron chi connectivity index (χ2n) is 6.26. The van der Waals surface area contributed by atoms with Crippen molar-refractivity contribution in [2.24, 2.45) is 0 Å². The summed E-state index contributed by atoms with van der Waals surface area (Å²) in [7, 11) is 0. The first-order chi connectivity index (χ1) is 12.9. The normalized spacial score (nSPS) is 11.1. The Kier molecular flexibility index (Phi) is 5.75. The lowest BCUT2D eigenvalue weighted by Crippen LogP contribution is -2.33. The number of carbonyl (C=O) groups is 1. The van der Waals surface area contributed by atoms with Crippen molar-refractivity contribution in [1.29, 1.82) is 0 Å². The van der Waals surface area contributed by atoms with Gasteiger partial charge in [0.1, 0.15) is 17.5 Å². The van der Waals surface area contributed by atoms with Gasteiger partial charge in [0.05, 0.1) is 23.1 Å². The summed E-state index contributed by atoms with van der Waals surface area (Å²) >= 11 is 6.10. The number of halogens is 3. The molecule has 1 amide bonds.